The third-order valence-corrected chi connectivity index (χ3v) is 4.27. The van der Waals surface area contributed by atoms with Crippen LogP contribution in [0.1, 0.15) is 5.56 Å². The Balaban J connectivity index is 2.05. The van der Waals surface area contributed by atoms with E-state index in [0.717, 1.165) is 25.2 Å². The molecule has 0 saturated carbocycles. The highest BCUT2D eigenvalue weighted by Crippen LogP contribution is 2.30. The lowest BCUT2D eigenvalue weighted by atomic mass is 10.2. The highest BCUT2D eigenvalue weighted by molar-refractivity contribution is 7.92. The van der Waals surface area contributed by atoms with Gasteiger partial charge in [-0.15, -0.1) is 0 Å². The Morgan fingerprint density at radius 3 is 2.21 bits per heavy atom. The number of alkyl halides is 3. The van der Waals surface area contributed by atoms with E-state index in [1.165, 1.54) is 12.1 Å². The third-order valence-electron chi connectivity index (χ3n) is 2.77. The van der Waals surface area contributed by atoms with Crippen LogP contribution in [0, 0.1) is 0 Å². The van der Waals surface area contributed by atoms with Gasteiger partial charge in [-0.05, 0) is 17.7 Å². The number of benzene rings is 1. The molecular formula is C11H12F3NO3S. The van der Waals surface area contributed by atoms with Crippen molar-refractivity contribution >= 4 is 9.84 Å². The molecule has 8 heteroatoms. The van der Waals surface area contributed by atoms with Crippen molar-refractivity contribution in [2.45, 2.75) is 23.1 Å². The predicted molar refractivity (Wildman–Crippen MR) is 61.1 cm³/mol. The molecular weight excluding hydrogens is 283 g/mol. The first-order valence-electron chi connectivity index (χ1n) is 5.53. The first-order valence-corrected chi connectivity index (χ1v) is 7.01. The molecule has 0 aliphatic carbocycles. The van der Waals surface area contributed by atoms with Gasteiger partial charge >= 0.3 is 5.51 Å². The average molecular weight is 295 g/mol. The van der Waals surface area contributed by atoms with E-state index in [1.54, 1.807) is 0 Å². The molecule has 0 bridgehead atoms. The molecule has 0 spiro atoms. The van der Waals surface area contributed by atoms with E-state index in [4.69, 9.17) is 4.74 Å². The van der Waals surface area contributed by atoms with Crippen LogP contribution in [-0.4, -0.2) is 33.1 Å². The lowest BCUT2D eigenvalue weighted by molar-refractivity contribution is -0.0436. The van der Waals surface area contributed by atoms with E-state index in [2.05, 4.69) is 5.32 Å². The number of hydrogen-bond acceptors (Lipinski definition) is 4. The van der Waals surface area contributed by atoms with E-state index < -0.39 is 20.2 Å². The molecule has 1 heterocycles. The van der Waals surface area contributed by atoms with Gasteiger partial charge in [0.2, 0.25) is 0 Å². The molecule has 1 aliphatic rings. The summed E-state index contributed by atoms with van der Waals surface area (Å²) in [6.45, 7) is 1.75. The standard InChI is InChI=1S/C11H12F3NO3S/c12-11(13,14)19(16,17)10-3-1-8(2-4-10)7-18-9-5-15-6-9/h1-4,9,15H,5-7H2. The van der Waals surface area contributed by atoms with Crippen LogP contribution in [0.2, 0.25) is 0 Å². The molecule has 0 atom stereocenters. The number of ether oxygens (including phenoxy) is 1. The Morgan fingerprint density at radius 1 is 1.21 bits per heavy atom. The minimum atomic E-state index is -5.28. The normalized spacial score (nSPS) is 17.2. The minimum Gasteiger partial charge on any atom is -0.371 e. The average Bonchev–Trinajstić information content (AvgIpc) is 2.26. The summed E-state index contributed by atoms with van der Waals surface area (Å²) < 4.78 is 64.6. The number of halogens is 3. The zero-order valence-electron chi connectivity index (χ0n) is 9.77. The van der Waals surface area contributed by atoms with E-state index in [9.17, 15) is 21.6 Å². The maximum absolute atomic E-state index is 12.3. The fourth-order valence-corrected chi connectivity index (χ4v) is 2.25. The molecule has 106 valence electrons. The van der Waals surface area contributed by atoms with Crippen molar-refractivity contribution in [1.29, 1.82) is 0 Å². The van der Waals surface area contributed by atoms with Gasteiger partial charge in [0.05, 0.1) is 17.6 Å². The van der Waals surface area contributed by atoms with E-state index in [0.29, 0.717) is 5.56 Å². The monoisotopic (exact) mass is 295 g/mol. The second kappa shape index (κ2) is 5.10. The number of sulfone groups is 1. The first-order chi connectivity index (χ1) is 8.80. The Morgan fingerprint density at radius 2 is 1.79 bits per heavy atom. The topological polar surface area (TPSA) is 55.4 Å². The van der Waals surface area contributed by atoms with Gasteiger partial charge in [-0.2, -0.15) is 13.2 Å². The molecule has 2 rings (SSSR count). The van der Waals surface area contributed by atoms with Crippen LogP contribution >= 0.6 is 0 Å². The summed E-state index contributed by atoms with van der Waals surface area (Å²) >= 11 is 0. The molecule has 4 nitrogen and oxygen atoms in total. The summed E-state index contributed by atoms with van der Waals surface area (Å²) in [6.07, 6.45) is 0.110. The van der Waals surface area contributed by atoms with Crippen LogP contribution in [0.4, 0.5) is 13.2 Å². The highest BCUT2D eigenvalue weighted by atomic mass is 32.2. The molecule has 0 unspecified atom stereocenters. The molecule has 1 aliphatic heterocycles. The minimum absolute atomic E-state index is 0.110. The Labute approximate surface area is 108 Å². The second-order valence-electron chi connectivity index (χ2n) is 4.18. The first kappa shape index (κ1) is 14.3. The van der Waals surface area contributed by atoms with Crippen LogP contribution in [0.25, 0.3) is 0 Å². The number of nitrogens with one attached hydrogen (secondary N) is 1. The summed E-state index contributed by atoms with van der Waals surface area (Å²) in [5.74, 6) is 0. The zero-order chi connectivity index (χ0) is 14.1. The maximum Gasteiger partial charge on any atom is 0.501 e. The van der Waals surface area contributed by atoms with Gasteiger partial charge in [0.15, 0.2) is 0 Å². The van der Waals surface area contributed by atoms with Crippen LogP contribution in [0.15, 0.2) is 29.2 Å². The van der Waals surface area contributed by atoms with Gasteiger partial charge in [0.25, 0.3) is 9.84 Å². The second-order valence-corrected chi connectivity index (χ2v) is 6.13. The van der Waals surface area contributed by atoms with Gasteiger partial charge in [0.1, 0.15) is 0 Å². The van der Waals surface area contributed by atoms with Crippen molar-refractivity contribution in [3.8, 4) is 0 Å². The SMILES string of the molecule is O=S(=O)(c1ccc(COC2CNC2)cc1)C(F)(F)F. The number of hydrogen-bond donors (Lipinski definition) is 1. The van der Waals surface area contributed by atoms with Crippen molar-refractivity contribution in [2.24, 2.45) is 0 Å². The van der Waals surface area contributed by atoms with Gasteiger partial charge in [-0.25, -0.2) is 8.42 Å². The molecule has 0 radical (unpaired) electrons. The van der Waals surface area contributed by atoms with Crippen LogP contribution < -0.4 is 5.32 Å². The third kappa shape index (κ3) is 3.07. The Hall–Kier alpha value is -1.12. The summed E-state index contributed by atoms with van der Waals surface area (Å²) in [7, 11) is -5.27. The Kier molecular flexibility index (Phi) is 3.84. The van der Waals surface area contributed by atoms with Gasteiger partial charge < -0.3 is 10.1 Å². The quantitative estimate of drug-likeness (QED) is 0.914. The van der Waals surface area contributed by atoms with Gasteiger partial charge in [0, 0.05) is 13.1 Å². The molecule has 0 amide bonds. The fourth-order valence-electron chi connectivity index (χ4n) is 1.49. The molecule has 1 saturated heterocycles. The molecule has 1 N–H and O–H groups in total. The summed E-state index contributed by atoms with van der Waals surface area (Å²) in [5.41, 5.74) is -4.64. The lowest BCUT2D eigenvalue weighted by Crippen LogP contribution is -2.48. The zero-order valence-corrected chi connectivity index (χ0v) is 10.6. The molecule has 1 aromatic carbocycles. The fraction of sp³-hybridized carbons (Fsp3) is 0.455. The predicted octanol–water partition coefficient (Wildman–Crippen LogP) is 1.47. The largest absolute Gasteiger partial charge is 0.501 e. The highest BCUT2D eigenvalue weighted by Gasteiger charge is 2.46. The van der Waals surface area contributed by atoms with E-state index >= 15 is 0 Å². The Bertz CT molecular complexity index is 535. The van der Waals surface area contributed by atoms with Crippen LogP contribution in [0.5, 0.6) is 0 Å². The molecule has 1 aromatic rings. The maximum atomic E-state index is 12.3. The number of rotatable bonds is 4. The van der Waals surface area contributed by atoms with Crippen molar-refractivity contribution < 1.29 is 26.3 Å². The molecule has 19 heavy (non-hydrogen) atoms. The molecule has 0 aromatic heterocycles. The van der Waals surface area contributed by atoms with Crippen molar-refractivity contribution in [2.75, 3.05) is 13.1 Å². The summed E-state index contributed by atoms with van der Waals surface area (Å²) in [6, 6.07) is 4.54. The van der Waals surface area contributed by atoms with Crippen molar-refractivity contribution in [1.82, 2.24) is 5.32 Å². The van der Waals surface area contributed by atoms with Gasteiger partial charge in [-0.3, -0.25) is 0 Å². The lowest BCUT2D eigenvalue weighted by Gasteiger charge is -2.27. The van der Waals surface area contributed by atoms with Crippen LogP contribution in [0.3, 0.4) is 0 Å². The van der Waals surface area contributed by atoms with Crippen LogP contribution in [-0.2, 0) is 21.2 Å². The van der Waals surface area contributed by atoms with Gasteiger partial charge in [-0.1, -0.05) is 12.1 Å². The van der Waals surface area contributed by atoms with Crippen molar-refractivity contribution in [3.63, 3.8) is 0 Å². The smallest absolute Gasteiger partial charge is 0.371 e. The summed E-state index contributed by atoms with van der Waals surface area (Å²) in [5, 5.41) is 3.01. The van der Waals surface area contributed by atoms with E-state index in [-0.39, 0.29) is 12.7 Å². The summed E-state index contributed by atoms with van der Waals surface area (Å²) in [4.78, 5) is -0.755. The van der Waals surface area contributed by atoms with Crippen molar-refractivity contribution in [3.05, 3.63) is 29.8 Å². The molecule has 1 fully saturated rings. The van der Waals surface area contributed by atoms with E-state index in [1.807, 2.05) is 0 Å².